The lowest BCUT2D eigenvalue weighted by molar-refractivity contribution is 0.0669. The third-order valence-corrected chi connectivity index (χ3v) is 4.31. The number of ether oxygens (including phenoxy) is 3. The normalized spacial score (nSPS) is 16.2. The molecule has 2 aromatic carbocycles. The summed E-state index contributed by atoms with van der Waals surface area (Å²) in [5, 5.41) is 2.61. The first-order chi connectivity index (χ1) is 13.1. The molecule has 1 aliphatic rings. The number of methoxy groups -OCH3 is 1. The van der Waals surface area contributed by atoms with Gasteiger partial charge in [-0.25, -0.2) is 8.78 Å². The van der Waals surface area contributed by atoms with Crippen molar-refractivity contribution in [2.75, 3.05) is 20.3 Å². The van der Waals surface area contributed by atoms with Crippen LogP contribution in [0.15, 0.2) is 36.4 Å². The van der Waals surface area contributed by atoms with Crippen molar-refractivity contribution in [3.05, 3.63) is 59.2 Å². The number of carbonyl (C=O) groups is 1. The molecule has 1 aliphatic heterocycles. The molecule has 2 aromatic rings. The molecule has 3 rings (SSSR count). The van der Waals surface area contributed by atoms with Crippen molar-refractivity contribution in [2.24, 2.45) is 0 Å². The average Bonchev–Trinajstić information content (AvgIpc) is 3.18. The number of rotatable bonds is 7. The number of halogens is 2. The van der Waals surface area contributed by atoms with Gasteiger partial charge in [-0.15, -0.1) is 0 Å². The summed E-state index contributed by atoms with van der Waals surface area (Å²) in [6, 6.07) is 8.12. The second-order valence-corrected chi connectivity index (χ2v) is 6.24. The maximum atomic E-state index is 13.7. The standard InChI is InChI=1S/C20H21F2NO4/c1-25-19-9-13(4-7-18(19)27-12-15-3-2-8-26-15)11-23-20(24)16-6-5-14(21)10-17(16)22/h4-7,9-10,15H,2-3,8,11-12H2,1H3,(H,23,24)/t15-/m1/s1. The molecule has 0 aromatic heterocycles. The molecule has 0 bridgehead atoms. The summed E-state index contributed by atoms with van der Waals surface area (Å²) in [4.78, 5) is 12.1. The highest BCUT2D eigenvalue weighted by Gasteiger charge is 2.17. The van der Waals surface area contributed by atoms with Crippen LogP contribution >= 0.6 is 0 Å². The van der Waals surface area contributed by atoms with Crippen LogP contribution < -0.4 is 14.8 Å². The number of hydrogen-bond donors (Lipinski definition) is 1. The van der Waals surface area contributed by atoms with Crippen molar-refractivity contribution < 1.29 is 27.8 Å². The van der Waals surface area contributed by atoms with Gasteiger partial charge in [-0.3, -0.25) is 4.79 Å². The smallest absolute Gasteiger partial charge is 0.254 e. The number of nitrogens with one attached hydrogen (secondary N) is 1. The van der Waals surface area contributed by atoms with Crippen LogP contribution in [-0.4, -0.2) is 32.3 Å². The predicted molar refractivity (Wildman–Crippen MR) is 95.0 cm³/mol. The van der Waals surface area contributed by atoms with Gasteiger partial charge < -0.3 is 19.5 Å². The van der Waals surface area contributed by atoms with E-state index in [1.165, 1.54) is 7.11 Å². The van der Waals surface area contributed by atoms with Crippen molar-refractivity contribution in [3.63, 3.8) is 0 Å². The van der Waals surface area contributed by atoms with E-state index in [1.807, 2.05) is 0 Å². The van der Waals surface area contributed by atoms with E-state index in [0.29, 0.717) is 24.2 Å². The van der Waals surface area contributed by atoms with Crippen LogP contribution in [0.25, 0.3) is 0 Å². The van der Waals surface area contributed by atoms with Crippen LogP contribution in [0, 0.1) is 11.6 Å². The molecule has 1 fully saturated rings. The lowest BCUT2D eigenvalue weighted by Gasteiger charge is -2.15. The minimum Gasteiger partial charge on any atom is -0.493 e. The summed E-state index contributed by atoms with van der Waals surface area (Å²) >= 11 is 0. The van der Waals surface area contributed by atoms with Gasteiger partial charge in [0, 0.05) is 19.2 Å². The Labute approximate surface area is 156 Å². The molecular weight excluding hydrogens is 356 g/mol. The van der Waals surface area contributed by atoms with Gasteiger partial charge in [0.1, 0.15) is 18.2 Å². The van der Waals surface area contributed by atoms with Gasteiger partial charge in [0.05, 0.1) is 18.8 Å². The van der Waals surface area contributed by atoms with Crippen LogP contribution in [0.4, 0.5) is 8.78 Å². The maximum Gasteiger partial charge on any atom is 0.254 e. The third-order valence-electron chi connectivity index (χ3n) is 4.31. The Kier molecular flexibility index (Phi) is 6.24. The summed E-state index contributed by atoms with van der Waals surface area (Å²) in [6.07, 6.45) is 2.12. The maximum absolute atomic E-state index is 13.7. The minimum absolute atomic E-state index is 0.0966. The molecule has 1 saturated heterocycles. The third kappa shape index (κ3) is 4.95. The molecule has 7 heteroatoms. The monoisotopic (exact) mass is 377 g/mol. The molecule has 1 N–H and O–H groups in total. The molecular formula is C20H21F2NO4. The fourth-order valence-corrected chi connectivity index (χ4v) is 2.85. The van der Waals surface area contributed by atoms with Crippen LogP contribution in [0.5, 0.6) is 11.5 Å². The molecule has 27 heavy (non-hydrogen) atoms. The van der Waals surface area contributed by atoms with E-state index >= 15 is 0 Å². The minimum atomic E-state index is -0.900. The molecule has 0 saturated carbocycles. The summed E-state index contributed by atoms with van der Waals surface area (Å²) in [6.45, 7) is 1.38. The highest BCUT2D eigenvalue weighted by atomic mass is 19.1. The molecule has 144 valence electrons. The first kappa shape index (κ1) is 19.1. The second kappa shape index (κ2) is 8.81. The fraction of sp³-hybridized carbons (Fsp3) is 0.350. The lowest BCUT2D eigenvalue weighted by Crippen LogP contribution is -2.24. The van der Waals surface area contributed by atoms with Gasteiger partial charge in [-0.2, -0.15) is 0 Å². The van der Waals surface area contributed by atoms with Gasteiger partial charge >= 0.3 is 0 Å². The number of hydrogen-bond acceptors (Lipinski definition) is 4. The van der Waals surface area contributed by atoms with E-state index in [0.717, 1.165) is 37.1 Å². The van der Waals surface area contributed by atoms with Crippen molar-refractivity contribution in [3.8, 4) is 11.5 Å². The van der Waals surface area contributed by atoms with Crippen molar-refractivity contribution >= 4 is 5.91 Å². The summed E-state index contributed by atoms with van der Waals surface area (Å²) in [7, 11) is 1.53. The van der Waals surface area contributed by atoms with Crippen molar-refractivity contribution in [2.45, 2.75) is 25.5 Å². The predicted octanol–water partition coefficient (Wildman–Crippen LogP) is 3.46. The molecule has 0 aliphatic carbocycles. The molecule has 0 spiro atoms. The SMILES string of the molecule is COc1cc(CNC(=O)c2ccc(F)cc2F)ccc1OC[C@H]1CCCO1. The van der Waals surface area contributed by atoms with Crippen LogP contribution in [0.3, 0.4) is 0 Å². The Morgan fingerprint density at radius 1 is 1.22 bits per heavy atom. The van der Waals surface area contributed by atoms with Crippen LogP contribution in [-0.2, 0) is 11.3 Å². The molecule has 1 amide bonds. The van der Waals surface area contributed by atoms with Gasteiger partial charge in [0.15, 0.2) is 11.5 Å². The highest BCUT2D eigenvalue weighted by molar-refractivity contribution is 5.94. The van der Waals surface area contributed by atoms with E-state index in [4.69, 9.17) is 14.2 Å². The quantitative estimate of drug-likeness (QED) is 0.803. The fourth-order valence-electron chi connectivity index (χ4n) is 2.85. The summed E-state index contributed by atoms with van der Waals surface area (Å²) in [5.41, 5.74) is 0.548. The van der Waals surface area contributed by atoms with E-state index in [1.54, 1.807) is 18.2 Å². The first-order valence-electron chi connectivity index (χ1n) is 8.71. The van der Waals surface area contributed by atoms with Gasteiger partial charge in [0.25, 0.3) is 5.91 Å². The molecule has 5 nitrogen and oxygen atoms in total. The molecule has 0 radical (unpaired) electrons. The number of carbonyl (C=O) groups excluding carboxylic acids is 1. The lowest BCUT2D eigenvalue weighted by atomic mass is 10.1. The van der Waals surface area contributed by atoms with E-state index in [2.05, 4.69) is 5.32 Å². The van der Waals surface area contributed by atoms with E-state index < -0.39 is 17.5 Å². The summed E-state index contributed by atoms with van der Waals surface area (Å²) in [5.74, 6) is -1.12. The summed E-state index contributed by atoms with van der Waals surface area (Å²) < 4.78 is 43.2. The Bertz CT molecular complexity index is 807. The van der Waals surface area contributed by atoms with E-state index in [9.17, 15) is 13.6 Å². The van der Waals surface area contributed by atoms with E-state index in [-0.39, 0.29) is 18.2 Å². The molecule has 1 atom stereocenters. The second-order valence-electron chi connectivity index (χ2n) is 6.24. The van der Waals surface area contributed by atoms with Crippen LogP contribution in [0.1, 0.15) is 28.8 Å². The zero-order valence-corrected chi connectivity index (χ0v) is 15.0. The Hall–Kier alpha value is -2.67. The zero-order chi connectivity index (χ0) is 19.2. The zero-order valence-electron chi connectivity index (χ0n) is 15.0. The Morgan fingerprint density at radius 3 is 2.78 bits per heavy atom. The molecule has 0 unspecified atom stereocenters. The highest BCUT2D eigenvalue weighted by Crippen LogP contribution is 2.29. The Morgan fingerprint density at radius 2 is 2.07 bits per heavy atom. The molecule has 1 heterocycles. The largest absolute Gasteiger partial charge is 0.493 e. The number of benzene rings is 2. The number of amides is 1. The van der Waals surface area contributed by atoms with Crippen molar-refractivity contribution in [1.82, 2.24) is 5.32 Å². The van der Waals surface area contributed by atoms with Gasteiger partial charge in [-0.05, 0) is 42.7 Å². The van der Waals surface area contributed by atoms with Gasteiger partial charge in [0.2, 0.25) is 0 Å². The van der Waals surface area contributed by atoms with Gasteiger partial charge in [-0.1, -0.05) is 6.07 Å². The van der Waals surface area contributed by atoms with Crippen LogP contribution in [0.2, 0.25) is 0 Å². The van der Waals surface area contributed by atoms with Crippen molar-refractivity contribution in [1.29, 1.82) is 0 Å². The average molecular weight is 377 g/mol. The Balaban J connectivity index is 1.60. The first-order valence-corrected chi connectivity index (χ1v) is 8.71. The topological polar surface area (TPSA) is 56.8 Å².